The second-order valence-corrected chi connectivity index (χ2v) is 6.68. The molecule has 0 amide bonds. The molecule has 3 rings (SSSR count). The second kappa shape index (κ2) is 5.24. The summed E-state index contributed by atoms with van der Waals surface area (Å²) in [7, 11) is 0. The van der Waals surface area contributed by atoms with Crippen molar-refractivity contribution in [3.8, 4) is 0 Å². The maximum absolute atomic E-state index is 4.58. The van der Waals surface area contributed by atoms with Crippen molar-refractivity contribution in [2.75, 3.05) is 25.4 Å². The van der Waals surface area contributed by atoms with Crippen molar-refractivity contribution < 1.29 is 0 Å². The van der Waals surface area contributed by atoms with E-state index in [0.717, 1.165) is 5.92 Å². The highest BCUT2D eigenvalue weighted by molar-refractivity contribution is 7.99. The molecule has 17 heavy (non-hydrogen) atoms. The lowest BCUT2D eigenvalue weighted by atomic mass is 9.90. The summed E-state index contributed by atoms with van der Waals surface area (Å²) < 4.78 is 9.07. The van der Waals surface area contributed by atoms with Gasteiger partial charge in [0.25, 0.3) is 0 Å². The van der Waals surface area contributed by atoms with Crippen LogP contribution in [0.15, 0.2) is 5.03 Å². The van der Waals surface area contributed by atoms with Crippen LogP contribution in [0.1, 0.15) is 37.8 Å². The topological polar surface area (TPSA) is 29.0 Å². The van der Waals surface area contributed by atoms with Gasteiger partial charge < -0.3 is 4.90 Å². The summed E-state index contributed by atoms with van der Waals surface area (Å²) >= 11 is 3.31. The van der Waals surface area contributed by atoms with Crippen LogP contribution >= 0.6 is 23.5 Å². The predicted molar refractivity (Wildman–Crippen MR) is 72.8 cm³/mol. The van der Waals surface area contributed by atoms with Gasteiger partial charge in [0.15, 0.2) is 0 Å². The largest absolute Gasteiger partial charge is 0.302 e. The maximum atomic E-state index is 4.58. The molecule has 94 valence electrons. The van der Waals surface area contributed by atoms with Crippen LogP contribution in [0.4, 0.5) is 0 Å². The lowest BCUT2D eigenvalue weighted by molar-refractivity contribution is 0.342. The summed E-state index contributed by atoms with van der Waals surface area (Å²) in [6.45, 7) is 6.06. The molecule has 0 spiro atoms. The van der Waals surface area contributed by atoms with Gasteiger partial charge in [0, 0.05) is 19.0 Å². The van der Waals surface area contributed by atoms with Gasteiger partial charge in [0.05, 0.1) is 17.4 Å². The predicted octanol–water partition coefficient (Wildman–Crippen LogP) is 2.85. The van der Waals surface area contributed by atoms with Crippen molar-refractivity contribution >= 4 is 23.5 Å². The number of piperidine rings is 1. The van der Waals surface area contributed by atoms with Gasteiger partial charge in [0.1, 0.15) is 5.03 Å². The molecule has 2 saturated heterocycles. The van der Waals surface area contributed by atoms with Crippen molar-refractivity contribution in [3.05, 3.63) is 5.69 Å². The van der Waals surface area contributed by atoms with Crippen molar-refractivity contribution in [1.82, 2.24) is 13.6 Å². The third-order valence-corrected chi connectivity index (χ3v) is 5.63. The Morgan fingerprint density at radius 1 is 1.41 bits per heavy atom. The Kier molecular flexibility index (Phi) is 3.68. The average Bonchev–Trinajstić information content (AvgIpc) is 3.04. The van der Waals surface area contributed by atoms with Gasteiger partial charge in [-0.2, -0.15) is 8.75 Å². The van der Waals surface area contributed by atoms with Crippen LogP contribution in [0.2, 0.25) is 0 Å². The molecule has 2 aliphatic rings. The molecule has 2 unspecified atom stereocenters. The molecule has 0 aromatic carbocycles. The zero-order valence-corrected chi connectivity index (χ0v) is 11.9. The zero-order valence-electron chi connectivity index (χ0n) is 10.3. The molecule has 3 nitrogen and oxygen atoms in total. The Balaban J connectivity index is 1.68. The fourth-order valence-electron chi connectivity index (χ4n) is 2.92. The number of hydrogen-bond donors (Lipinski definition) is 0. The molecule has 3 heterocycles. The van der Waals surface area contributed by atoms with Crippen LogP contribution in [-0.4, -0.2) is 39.0 Å². The van der Waals surface area contributed by atoms with E-state index >= 15 is 0 Å². The number of rotatable bonds is 5. The van der Waals surface area contributed by atoms with E-state index in [1.165, 1.54) is 67.1 Å². The van der Waals surface area contributed by atoms with E-state index in [4.69, 9.17) is 0 Å². The smallest absolute Gasteiger partial charge is 0.134 e. The maximum Gasteiger partial charge on any atom is 0.134 e. The Morgan fingerprint density at radius 2 is 2.35 bits per heavy atom. The molecular weight excluding hydrogens is 250 g/mol. The second-order valence-electron chi connectivity index (χ2n) is 5.07. The first-order chi connectivity index (χ1) is 8.38. The standard InChI is InChI=1S/C12H19N3S2/c1-2-3-6-16-12-11(13-17-14-12)10-8-15-5-4-9(10)7-15/h9-10H,2-8H2,1H3/t9?,10-/m1/s1. The first kappa shape index (κ1) is 11.9. The highest BCUT2D eigenvalue weighted by atomic mass is 32.2. The summed E-state index contributed by atoms with van der Waals surface area (Å²) in [5.74, 6) is 2.71. The van der Waals surface area contributed by atoms with E-state index in [2.05, 4.69) is 20.6 Å². The van der Waals surface area contributed by atoms with E-state index < -0.39 is 0 Å². The Hall–Kier alpha value is -0.130. The lowest BCUT2D eigenvalue weighted by Gasteiger charge is -2.20. The molecule has 1 aromatic rings. The van der Waals surface area contributed by atoms with E-state index in [-0.39, 0.29) is 0 Å². The van der Waals surface area contributed by atoms with Crippen molar-refractivity contribution in [2.45, 2.75) is 37.1 Å². The van der Waals surface area contributed by atoms with Crippen LogP contribution < -0.4 is 0 Å². The number of thioether (sulfide) groups is 1. The molecular formula is C12H19N3S2. The third-order valence-electron chi connectivity index (χ3n) is 3.90. The van der Waals surface area contributed by atoms with Crippen LogP contribution in [0.3, 0.4) is 0 Å². The first-order valence-electron chi connectivity index (χ1n) is 6.56. The van der Waals surface area contributed by atoms with Gasteiger partial charge in [-0.1, -0.05) is 13.3 Å². The quantitative estimate of drug-likeness (QED) is 0.607. The monoisotopic (exact) mass is 269 g/mol. The minimum atomic E-state index is 0.673. The fourth-order valence-corrected chi connectivity index (χ4v) is 4.78. The summed E-state index contributed by atoms with van der Waals surface area (Å²) in [5, 5.41) is 1.22. The van der Waals surface area contributed by atoms with E-state index in [0.29, 0.717) is 5.92 Å². The number of unbranched alkanes of at least 4 members (excludes halogenated alkanes) is 1. The van der Waals surface area contributed by atoms with E-state index in [1.807, 2.05) is 11.8 Å². The fraction of sp³-hybridized carbons (Fsp3) is 0.833. The van der Waals surface area contributed by atoms with Gasteiger partial charge >= 0.3 is 0 Å². The molecule has 3 atom stereocenters. The SMILES string of the molecule is CCCCSc1nsnc1[C@@H]1CN2CCC1C2. The Labute approximate surface area is 111 Å². The van der Waals surface area contributed by atoms with Gasteiger partial charge in [-0.15, -0.1) is 11.8 Å². The molecule has 0 radical (unpaired) electrons. The normalized spacial score (nSPS) is 31.2. The summed E-state index contributed by atoms with van der Waals surface area (Å²) in [4.78, 5) is 2.58. The number of nitrogens with zero attached hydrogens (tertiary/aromatic N) is 3. The highest BCUT2D eigenvalue weighted by Crippen LogP contribution is 2.42. The summed E-state index contributed by atoms with van der Waals surface area (Å²) in [5.41, 5.74) is 1.31. The lowest BCUT2D eigenvalue weighted by Crippen LogP contribution is -2.22. The minimum Gasteiger partial charge on any atom is -0.302 e. The average molecular weight is 269 g/mol. The molecule has 5 heteroatoms. The van der Waals surface area contributed by atoms with Gasteiger partial charge in [-0.3, -0.25) is 0 Å². The first-order valence-corrected chi connectivity index (χ1v) is 8.27. The minimum absolute atomic E-state index is 0.673. The van der Waals surface area contributed by atoms with Crippen LogP contribution in [0.5, 0.6) is 0 Å². The van der Waals surface area contributed by atoms with Crippen molar-refractivity contribution in [2.24, 2.45) is 5.92 Å². The summed E-state index contributed by atoms with van der Waals surface area (Å²) in [6.07, 6.45) is 3.91. The molecule has 0 aliphatic carbocycles. The Bertz CT molecular complexity index is 380. The number of fused-ring (bicyclic) bond motifs is 2. The molecule has 1 aromatic heterocycles. The van der Waals surface area contributed by atoms with Crippen LogP contribution in [-0.2, 0) is 0 Å². The summed E-state index contributed by atoms with van der Waals surface area (Å²) in [6, 6.07) is 0. The van der Waals surface area contributed by atoms with E-state index in [1.54, 1.807) is 0 Å². The van der Waals surface area contributed by atoms with Crippen molar-refractivity contribution in [3.63, 3.8) is 0 Å². The molecule has 2 bridgehead atoms. The van der Waals surface area contributed by atoms with Gasteiger partial charge in [-0.25, -0.2) is 0 Å². The zero-order chi connectivity index (χ0) is 11.7. The van der Waals surface area contributed by atoms with Gasteiger partial charge in [-0.05, 0) is 31.1 Å². The van der Waals surface area contributed by atoms with E-state index in [9.17, 15) is 0 Å². The number of hydrogen-bond acceptors (Lipinski definition) is 5. The number of aromatic nitrogens is 2. The highest BCUT2D eigenvalue weighted by Gasteiger charge is 2.41. The molecule has 0 N–H and O–H groups in total. The van der Waals surface area contributed by atoms with Crippen LogP contribution in [0.25, 0.3) is 0 Å². The molecule has 2 fully saturated rings. The molecule has 2 aliphatic heterocycles. The van der Waals surface area contributed by atoms with Crippen LogP contribution in [0, 0.1) is 5.92 Å². The Morgan fingerprint density at radius 3 is 3.06 bits per heavy atom. The third kappa shape index (κ3) is 2.37. The van der Waals surface area contributed by atoms with Crippen molar-refractivity contribution in [1.29, 1.82) is 0 Å². The van der Waals surface area contributed by atoms with Gasteiger partial charge in [0.2, 0.25) is 0 Å². The molecule has 0 saturated carbocycles.